The van der Waals surface area contributed by atoms with E-state index in [0.29, 0.717) is 5.69 Å². The Labute approximate surface area is 131 Å². The molecule has 0 aliphatic rings. The fourth-order valence-electron chi connectivity index (χ4n) is 3.38. The number of hydrogen-bond acceptors (Lipinski definition) is 2. The Balaban J connectivity index is 2.24. The highest BCUT2D eigenvalue weighted by Crippen LogP contribution is 2.43. The Kier molecular flexibility index (Phi) is 2.29. The van der Waals surface area contributed by atoms with Crippen LogP contribution < -0.4 is 0 Å². The molecule has 0 bridgehead atoms. The molecule has 3 aromatic carbocycles. The molecule has 0 saturated heterocycles. The van der Waals surface area contributed by atoms with Crippen molar-refractivity contribution in [3.8, 4) is 0 Å². The van der Waals surface area contributed by atoms with Gasteiger partial charge in [-0.25, -0.2) is 4.85 Å². The second-order valence-electron chi connectivity index (χ2n) is 5.51. The van der Waals surface area contributed by atoms with E-state index >= 15 is 0 Å². The Morgan fingerprint density at radius 2 is 1.65 bits per heavy atom. The largest absolute Gasteiger partial charge is 0.457 e. The number of rotatable bonds is 0. The molecule has 0 spiro atoms. The van der Waals surface area contributed by atoms with E-state index in [1.807, 2.05) is 48.5 Å². The first kappa shape index (κ1) is 12.2. The van der Waals surface area contributed by atoms with Crippen LogP contribution in [0.25, 0.3) is 48.5 Å². The maximum absolute atomic E-state index is 7.48. The lowest BCUT2D eigenvalue weighted by molar-refractivity contribution is 0.673. The zero-order chi connectivity index (χ0) is 15.4. The first-order chi connectivity index (χ1) is 11.4. The first-order valence-electron chi connectivity index (χ1n) is 7.36. The van der Waals surface area contributed by atoms with Gasteiger partial charge < -0.3 is 4.42 Å². The van der Waals surface area contributed by atoms with E-state index < -0.39 is 0 Å². The first-order valence-corrected chi connectivity index (χ1v) is 7.36. The van der Waals surface area contributed by atoms with Crippen LogP contribution in [0.4, 0.5) is 5.69 Å². The third kappa shape index (κ3) is 1.50. The van der Waals surface area contributed by atoms with Crippen LogP contribution in [0.2, 0.25) is 0 Å². The zero-order valence-electron chi connectivity index (χ0n) is 12.1. The van der Waals surface area contributed by atoms with E-state index in [1.165, 1.54) is 0 Å². The smallest absolute Gasteiger partial charge is 0.198 e. The summed E-state index contributed by atoms with van der Waals surface area (Å²) in [6.45, 7) is 7.48. The molecule has 3 nitrogen and oxygen atoms in total. The lowest BCUT2D eigenvalue weighted by Crippen LogP contribution is -1.83. The van der Waals surface area contributed by atoms with Crippen molar-refractivity contribution < 1.29 is 4.42 Å². The van der Waals surface area contributed by atoms with Crippen LogP contribution in [-0.4, -0.2) is 4.98 Å². The molecule has 2 aromatic heterocycles. The molecule has 0 atom stereocenters. The van der Waals surface area contributed by atoms with E-state index in [9.17, 15) is 0 Å². The number of nitrogens with zero attached hydrogens (tertiary/aromatic N) is 2. The molecular formula is C20H10N2O. The maximum Gasteiger partial charge on any atom is 0.198 e. The van der Waals surface area contributed by atoms with Gasteiger partial charge in [-0.15, -0.1) is 0 Å². The van der Waals surface area contributed by atoms with Crippen molar-refractivity contribution in [2.75, 3.05) is 0 Å². The summed E-state index contributed by atoms with van der Waals surface area (Å²) >= 11 is 0. The molecule has 0 aliphatic carbocycles. The number of hydrogen-bond donors (Lipinski definition) is 0. The molecule has 5 aromatic rings. The van der Waals surface area contributed by atoms with E-state index in [4.69, 9.17) is 11.0 Å². The Hall–Kier alpha value is -3.38. The maximum atomic E-state index is 7.48. The molecule has 0 amide bonds. The second-order valence-corrected chi connectivity index (χ2v) is 5.51. The number of aromatic nitrogens is 1. The molecule has 3 heteroatoms. The Bertz CT molecular complexity index is 1280. The van der Waals surface area contributed by atoms with E-state index in [2.05, 4.69) is 15.9 Å². The summed E-state index contributed by atoms with van der Waals surface area (Å²) in [6.07, 6.45) is 1.80. The van der Waals surface area contributed by atoms with Crippen molar-refractivity contribution in [1.29, 1.82) is 0 Å². The van der Waals surface area contributed by atoms with Crippen molar-refractivity contribution in [1.82, 2.24) is 4.98 Å². The molecule has 0 unspecified atom stereocenters. The fourth-order valence-corrected chi connectivity index (χ4v) is 3.38. The van der Waals surface area contributed by atoms with Gasteiger partial charge in [0.2, 0.25) is 0 Å². The Morgan fingerprint density at radius 1 is 0.826 bits per heavy atom. The number of benzene rings is 3. The van der Waals surface area contributed by atoms with Crippen LogP contribution in [0, 0.1) is 6.57 Å². The minimum absolute atomic E-state index is 0.613. The standard InChI is InChI=1S/C20H10N2O/c1-21-15-9-4-10-16-18(15)17-14-8-5-11-22-19(14)12-6-2-3-7-13(12)20(17)23-16/h2-11H. The summed E-state index contributed by atoms with van der Waals surface area (Å²) < 4.78 is 6.15. The van der Waals surface area contributed by atoms with Crippen LogP contribution in [0.3, 0.4) is 0 Å². The van der Waals surface area contributed by atoms with E-state index in [1.54, 1.807) is 6.20 Å². The van der Waals surface area contributed by atoms with E-state index in [0.717, 1.165) is 43.6 Å². The van der Waals surface area contributed by atoms with Crippen molar-refractivity contribution in [3.63, 3.8) is 0 Å². The van der Waals surface area contributed by atoms with Gasteiger partial charge in [-0.1, -0.05) is 42.5 Å². The summed E-state index contributed by atoms with van der Waals surface area (Å²) in [4.78, 5) is 8.26. The molecule has 0 N–H and O–H groups in total. The normalized spacial score (nSPS) is 11.4. The van der Waals surface area contributed by atoms with Gasteiger partial charge in [-0.05, 0) is 12.1 Å². The molecule has 106 valence electrons. The molecule has 0 aliphatic heterocycles. The predicted octanol–water partition coefficient (Wildman–Crippen LogP) is 5.84. The summed E-state index contributed by atoms with van der Waals surface area (Å²) in [5, 5.41) is 4.98. The minimum Gasteiger partial charge on any atom is -0.457 e. The molecule has 0 saturated carbocycles. The fraction of sp³-hybridized carbons (Fsp3) is 0. The average molecular weight is 294 g/mol. The van der Waals surface area contributed by atoms with Gasteiger partial charge in [0.05, 0.1) is 12.1 Å². The van der Waals surface area contributed by atoms with Gasteiger partial charge in [0.25, 0.3) is 0 Å². The lowest BCUT2D eigenvalue weighted by atomic mass is 10.00. The summed E-state index contributed by atoms with van der Waals surface area (Å²) in [5.74, 6) is 0. The average Bonchev–Trinajstić information content (AvgIpc) is 3.02. The summed E-state index contributed by atoms with van der Waals surface area (Å²) in [6, 6.07) is 17.7. The molecule has 0 fully saturated rings. The number of furan rings is 1. The van der Waals surface area contributed by atoms with Gasteiger partial charge >= 0.3 is 0 Å². The van der Waals surface area contributed by atoms with Gasteiger partial charge in [0.1, 0.15) is 11.2 Å². The molecular weight excluding hydrogens is 284 g/mol. The highest BCUT2D eigenvalue weighted by atomic mass is 16.3. The van der Waals surface area contributed by atoms with Crippen LogP contribution in [-0.2, 0) is 0 Å². The zero-order valence-corrected chi connectivity index (χ0v) is 12.1. The van der Waals surface area contributed by atoms with Crippen molar-refractivity contribution >= 4 is 49.3 Å². The van der Waals surface area contributed by atoms with Crippen LogP contribution in [0.1, 0.15) is 0 Å². The molecule has 5 rings (SSSR count). The SMILES string of the molecule is [C-]#[N+]c1cccc2oc3c4ccccc4c4ncccc4c3c12. The van der Waals surface area contributed by atoms with Gasteiger partial charge in [0, 0.05) is 33.1 Å². The minimum atomic E-state index is 0.613. The molecule has 23 heavy (non-hydrogen) atoms. The highest BCUT2D eigenvalue weighted by Gasteiger charge is 2.17. The molecule has 2 heterocycles. The number of fused-ring (bicyclic) bond motifs is 8. The van der Waals surface area contributed by atoms with Crippen LogP contribution in [0.15, 0.2) is 65.2 Å². The topological polar surface area (TPSA) is 30.4 Å². The van der Waals surface area contributed by atoms with Crippen molar-refractivity contribution in [2.45, 2.75) is 0 Å². The van der Waals surface area contributed by atoms with Gasteiger partial charge in [0.15, 0.2) is 5.69 Å². The Morgan fingerprint density at radius 3 is 2.52 bits per heavy atom. The van der Waals surface area contributed by atoms with Gasteiger partial charge in [-0.2, -0.15) is 0 Å². The van der Waals surface area contributed by atoms with Crippen molar-refractivity contribution in [3.05, 3.63) is 72.2 Å². The molecule has 0 radical (unpaired) electrons. The van der Waals surface area contributed by atoms with Crippen LogP contribution in [0.5, 0.6) is 0 Å². The van der Waals surface area contributed by atoms with Crippen LogP contribution >= 0.6 is 0 Å². The third-order valence-electron chi connectivity index (χ3n) is 4.32. The lowest BCUT2D eigenvalue weighted by Gasteiger charge is -2.05. The quantitative estimate of drug-likeness (QED) is 0.265. The predicted molar refractivity (Wildman–Crippen MR) is 92.8 cm³/mol. The monoisotopic (exact) mass is 294 g/mol. The summed E-state index contributed by atoms with van der Waals surface area (Å²) in [7, 11) is 0. The van der Waals surface area contributed by atoms with E-state index in [-0.39, 0.29) is 0 Å². The second kappa shape index (κ2) is 4.31. The van der Waals surface area contributed by atoms with Gasteiger partial charge in [-0.3, -0.25) is 4.98 Å². The third-order valence-corrected chi connectivity index (χ3v) is 4.32. The number of pyridine rings is 1. The summed E-state index contributed by atoms with van der Waals surface area (Å²) in [5.41, 5.74) is 3.13. The highest BCUT2D eigenvalue weighted by molar-refractivity contribution is 6.31. The van der Waals surface area contributed by atoms with Crippen molar-refractivity contribution in [2.24, 2.45) is 0 Å².